The fraction of sp³-hybridized carbons (Fsp3) is 0.188. The standard InChI is InChI=1S/C16H16FN5O3S/c1-18-26(23,24)14-5-2-12(3-6-14)4-7-15-20-16(21-25-15)13-10-19-22(11-13)9-8-17/h2-7,10-11,18H,8-9H2,1H3/b7-4+. The van der Waals surface area contributed by atoms with Crippen molar-refractivity contribution in [2.45, 2.75) is 11.4 Å². The predicted molar refractivity (Wildman–Crippen MR) is 93.1 cm³/mol. The number of alkyl halides is 1. The van der Waals surface area contributed by atoms with E-state index in [9.17, 15) is 12.8 Å². The number of aromatic nitrogens is 4. The van der Waals surface area contributed by atoms with Crippen molar-refractivity contribution in [1.29, 1.82) is 0 Å². The number of nitrogens with one attached hydrogen (secondary N) is 1. The van der Waals surface area contributed by atoms with Crippen molar-refractivity contribution in [1.82, 2.24) is 24.6 Å². The van der Waals surface area contributed by atoms with Crippen LogP contribution in [0.3, 0.4) is 0 Å². The summed E-state index contributed by atoms with van der Waals surface area (Å²) in [7, 11) is -2.10. The maximum Gasteiger partial charge on any atom is 0.250 e. The van der Waals surface area contributed by atoms with Gasteiger partial charge in [-0.3, -0.25) is 4.68 Å². The molecule has 3 rings (SSSR count). The zero-order valence-corrected chi connectivity index (χ0v) is 14.6. The smallest absolute Gasteiger partial charge is 0.250 e. The summed E-state index contributed by atoms with van der Waals surface area (Å²) in [5.74, 6) is 0.635. The normalized spacial score (nSPS) is 12.1. The Morgan fingerprint density at radius 3 is 2.73 bits per heavy atom. The fourth-order valence-electron chi connectivity index (χ4n) is 2.15. The molecule has 3 aromatic rings. The van der Waals surface area contributed by atoms with Crippen molar-refractivity contribution in [3.63, 3.8) is 0 Å². The van der Waals surface area contributed by atoms with Gasteiger partial charge in [0.2, 0.25) is 15.8 Å². The summed E-state index contributed by atoms with van der Waals surface area (Å²) in [5, 5.41) is 7.86. The average Bonchev–Trinajstić information content (AvgIpc) is 3.30. The molecule has 8 nitrogen and oxygen atoms in total. The Morgan fingerprint density at radius 1 is 1.27 bits per heavy atom. The SMILES string of the molecule is CNS(=O)(=O)c1ccc(/C=C/c2nc(-c3cnn(CCF)c3)no2)cc1. The maximum atomic E-state index is 12.3. The van der Waals surface area contributed by atoms with Gasteiger partial charge in [0.05, 0.1) is 23.2 Å². The van der Waals surface area contributed by atoms with Crippen LogP contribution in [0, 0.1) is 0 Å². The van der Waals surface area contributed by atoms with E-state index in [1.54, 1.807) is 30.5 Å². The number of sulfonamides is 1. The van der Waals surface area contributed by atoms with Crippen molar-refractivity contribution in [2.75, 3.05) is 13.7 Å². The molecular weight excluding hydrogens is 361 g/mol. The Morgan fingerprint density at radius 2 is 2.04 bits per heavy atom. The highest BCUT2D eigenvalue weighted by Gasteiger charge is 2.11. The molecule has 0 aliphatic rings. The van der Waals surface area contributed by atoms with Crippen LogP contribution in [0.5, 0.6) is 0 Å². The molecule has 0 fully saturated rings. The number of hydrogen-bond acceptors (Lipinski definition) is 6. The van der Waals surface area contributed by atoms with E-state index in [0.29, 0.717) is 11.4 Å². The third-order valence-electron chi connectivity index (χ3n) is 3.52. The molecule has 0 atom stereocenters. The Kier molecular flexibility index (Phi) is 5.24. The second kappa shape index (κ2) is 7.58. The van der Waals surface area contributed by atoms with Gasteiger partial charge in [-0.25, -0.2) is 17.5 Å². The van der Waals surface area contributed by atoms with Crippen LogP contribution in [0.4, 0.5) is 4.39 Å². The van der Waals surface area contributed by atoms with E-state index in [4.69, 9.17) is 4.52 Å². The number of nitrogens with zero attached hydrogens (tertiary/aromatic N) is 4. The van der Waals surface area contributed by atoms with Crippen LogP contribution in [0.15, 0.2) is 46.1 Å². The minimum atomic E-state index is -3.46. The summed E-state index contributed by atoms with van der Waals surface area (Å²) in [5.41, 5.74) is 1.40. The first-order valence-corrected chi connectivity index (χ1v) is 9.14. The van der Waals surface area contributed by atoms with E-state index in [0.717, 1.165) is 5.56 Å². The molecule has 0 amide bonds. The van der Waals surface area contributed by atoms with Gasteiger partial charge in [0.25, 0.3) is 5.89 Å². The third kappa shape index (κ3) is 4.03. The van der Waals surface area contributed by atoms with E-state index in [1.807, 2.05) is 0 Å². The van der Waals surface area contributed by atoms with Crippen LogP contribution in [-0.4, -0.2) is 42.1 Å². The Hall–Kier alpha value is -2.85. The van der Waals surface area contributed by atoms with Gasteiger partial charge in [0.15, 0.2) is 0 Å². The largest absolute Gasteiger partial charge is 0.334 e. The van der Waals surface area contributed by atoms with Gasteiger partial charge in [0, 0.05) is 12.3 Å². The highest BCUT2D eigenvalue weighted by molar-refractivity contribution is 7.89. The number of rotatable bonds is 7. The second-order valence-electron chi connectivity index (χ2n) is 5.25. The first-order valence-electron chi connectivity index (χ1n) is 7.66. The summed E-state index contributed by atoms with van der Waals surface area (Å²) >= 11 is 0. The molecule has 0 aliphatic heterocycles. The summed E-state index contributed by atoms with van der Waals surface area (Å²) in [6, 6.07) is 6.34. The molecule has 2 aromatic heterocycles. The number of benzene rings is 1. The molecule has 0 saturated heterocycles. The van der Waals surface area contributed by atoms with Crippen LogP contribution in [0.1, 0.15) is 11.5 Å². The molecule has 0 saturated carbocycles. The summed E-state index contributed by atoms with van der Waals surface area (Å²) in [6.45, 7) is -0.334. The third-order valence-corrected chi connectivity index (χ3v) is 4.95. The van der Waals surface area contributed by atoms with Gasteiger partial charge >= 0.3 is 0 Å². The summed E-state index contributed by atoms with van der Waals surface area (Å²) in [4.78, 5) is 4.40. The van der Waals surface area contributed by atoms with Crippen LogP contribution in [0.2, 0.25) is 0 Å². The van der Waals surface area contributed by atoms with E-state index >= 15 is 0 Å². The summed E-state index contributed by atoms with van der Waals surface area (Å²) in [6.07, 6.45) is 6.51. The molecule has 26 heavy (non-hydrogen) atoms. The predicted octanol–water partition coefficient (Wildman–Crippen LogP) is 1.98. The molecule has 0 aliphatic carbocycles. The van der Waals surface area contributed by atoms with Crippen LogP contribution in [-0.2, 0) is 16.6 Å². The van der Waals surface area contributed by atoms with E-state index in [2.05, 4.69) is 20.0 Å². The van der Waals surface area contributed by atoms with Crippen LogP contribution < -0.4 is 4.72 Å². The number of aryl methyl sites for hydroxylation is 1. The van der Waals surface area contributed by atoms with E-state index < -0.39 is 16.7 Å². The first-order chi connectivity index (χ1) is 12.5. The monoisotopic (exact) mass is 377 g/mol. The maximum absolute atomic E-state index is 12.3. The molecule has 10 heteroatoms. The Labute approximate surface area is 149 Å². The van der Waals surface area contributed by atoms with Crippen molar-refractivity contribution < 1.29 is 17.3 Å². The summed E-state index contributed by atoms with van der Waals surface area (Å²) < 4.78 is 44.5. The van der Waals surface area contributed by atoms with E-state index in [1.165, 1.54) is 30.1 Å². The zero-order chi connectivity index (χ0) is 18.6. The van der Waals surface area contributed by atoms with Gasteiger partial charge in [-0.1, -0.05) is 17.3 Å². The lowest BCUT2D eigenvalue weighted by Gasteiger charge is -2.01. The number of halogens is 1. The van der Waals surface area contributed by atoms with Crippen molar-refractivity contribution >= 4 is 22.2 Å². The molecule has 1 aromatic carbocycles. The van der Waals surface area contributed by atoms with Crippen molar-refractivity contribution in [3.8, 4) is 11.4 Å². The minimum Gasteiger partial charge on any atom is -0.334 e. The Balaban J connectivity index is 1.72. The molecule has 0 spiro atoms. The number of hydrogen-bond donors (Lipinski definition) is 1. The molecule has 1 N–H and O–H groups in total. The van der Waals surface area contributed by atoms with E-state index in [-0.39, 0.29) is 17.3 Å². The van der Waals surface area contributed by atoms with Gasteiger partial charge in [0.1, 0.15) is 6.67 Å². The molecule has 0 bridgehead atoms. The molecule has 0 radical (unpaired) electrons. The van der Waals surface area contributed by atoms with Crippen molar-refractivity contribution in [3.05, 3.63) is 48.1 Å². The fourth-order valence-corrected chi connectivity index (χ4v) is 2.88. The van der Waals surface area contributed by atoms with Crippen LogP contribution in [0.25, 0.3) is 23.5 Å². The van der Waals surface area contributed by atoms with Gasteiger partial charge in [-0.05, 0) is 30.8 Å². The van der Waals surface area contributed by atoms with Crippen molar-refractivity contribution in [2.24, 2.45) is 0 Å². The van der Waals surface area contributed by atoms with Gasteiger partial charge in [-0.2, -0.15) is 10.1 Å². The molecule has 136 valence electrons. The molecular formula is C16H16FN5O3S. The zero-order valence-electron chi connectivity index (χ0n) is 13.8. The van der Waals surface area contributed by atoms with Crippen LogP contribution >= 0.6 is 0 Å². The second-order valence-corrected chi connectivity index (χ2v) is 7.13. The lowest BCUT2D eigenvalue weighted by atomic mass is 10.2. The first kappa shape index (κ1) is 18.0. The average molecular weight is 377 g/mol. The minimum absolute atomic E-state index is 0.171. The lowest BCUT2D eigenvalue weighted by Crippen LogP contribution is -2.18. The topological polar surface area (TPSA) is 103 Å². The van der Waals surface area contributed by atoms with Gasteiger partial charge < -0.3 is 4.52 Å². The highest BCUT2D eigenvalue weighted by Crippen LogP contribution is 2.16. The molecule has 0 unspecified atom stereocenters. The van der Waals surface area contributed by atoms with Gasteiger partial charge in [-0.15, -0.1) is 0 Å². The molecule has 2 heterocycles. The lowest BCUT2D eigenvalue weighted by molar-refractivity contribution is 0.411. The Bertz CT molecular complexity index is 1010. The quantitative estimate of drug-likeness (QED) is 0.675. The highest BCUT2D eigenvalue weighted by atomic mass is 32.2.